The zero-order valence-corrected chi connectivity index (χ0v) is 17.4. The van der Waals surface area contributed by atoms with Crippen LogP contribution in [0, 0.1) is 0 Å². The summed E-state index contributed by atoms with van der Waals surface area (Å²) in [6.07, 6.45) is 1.66. The van der Waals surface area contributed by atoms with E-state index in [1.54, 1.807) is 0 Å². The van der Waals surface area contributed by atoms with E-state index in [1.165, 1.54) is 21.7 Å². The van der Waals surface area contributed by atoms with Gasteiger partial charge in [0.2, 0.25) is 0 Å². The van der Waals surface area contributed by atoms with Crippen LogP contribution in [0.5, 0.6) is 0 Å². The average molecular weight is 403 g/mol. The van der Waals surface area contributed by atoms with Gasteiger partial charge in [-0.2, -0.15) is 0 Å². The normalized spacial score (nSPS) is 12.8. The second kappa shape index (κ2) is 7.92. The van der Waals surface area contributed by atoms with Gasteiger partial charge in [-0.3, -0.25) is 0 Å². The zero-order chi connectivity index (χ0) is 19.3. The van der Waals surface area contributed by atoms with Crippen LogP contribution < -0.4 is 10.6 Å². The van der Waals surface area contributed by atoms with Crippen molar-refractivity contribution in [1.82, 2.24) is 0 Å². The van der Waals surface area contributed by atoms with Gasteiger partial charge >= 0.3 is 173 Å². The molecule has 0 radical (unpaired) electrons. The molecule has 0 unspecified atom stereocenters. The standard InChI is InChI=1S/C26H24ClP/c27-28(25-17-9-3-10-18-25,26-19-11-4-12-20-26,21-23-13-5-1-6-14-23)22-24-15-7-2-8-16-24/h1-20H,21-22H2. The van der Waals surface area contributed by atoms with Crippen LogP contribution in [-0.4, -0.2) is 0 Å². The van der Waals surface area contributed by atoms with E-state index in [-0.39, 0.29) is 0 Å². The Morgan fingerprint density at radius 1 is 0.429 bits per heavy atom. The number of hydrogen-bond acceptors (Lipinski definition) is 0. The molecule has 28 heavy (non-hydrogen) atoms. The van der Waals surface area contributed by atoms with Crippen LogP contribution in [-0.2, 0) is 12.3 Å². The van der Waals surface area contributed by atoms with Gasteiger partial charge in [-0.05, 0) is 0 Å². The monoisotopic (exact) mass is 402 g/mol. The molecule has 140 valence electrons. The maximum absolute atomic E-state index is 8.05. The Morgan fingerprint density at radius 3 is 1.04 bits per heavy atom. The van der Waals surface area contributed by atoms with Crippen LogP contribution in [0.1, 0.15) is 11.1 Å². The summed E-state index contributed by atoms with van der Waals surface area (Å²) in [6.45, 7) is 0. The zero-order valence-electron chi connectivity index (χ0n) is 15.8. The molecule has 4 aromatic carbocycles. The number of halogens is 1. The van der Waals surface area contributed by atoms with Gasteiger partial charge in [0.15, 0.2) is 0 Å². The van der Waals surface area contributed by atoms with Crippen molar-refractivity contribution in [2.75, 3.05) is 0 Å². The molecule has 0 aliphatic carbocycles. The minimum atomic E-state index is -3.07. The number of benzene rings is 4. The van der Waals surface area contributed by atoms with Crippen molar-refractivity contribution < 1.29 is 0 Å². The van der Waals surface area contributed by atoms with Crippen molar-refractivity contribution in [2.45, 2.75) is 12.3 Å². The van der Waals surface area contributed by atoms with E-state index in [9.17, 15) is 0 Å². The Bertz CT molecular complexity index is 930. The third kappa shape index (κ3) is 3.63. The van der Waals surface area contributed by atoms with Gasteiger partial charge in [-0.15, -0.1) is 0 Å². The third-order valence-corrected chi connectivity index (χ3v) is 12.3. The summed E-state index contributed by atoms with van der Waals surface area (Å²) >= 11 is 8.05. The molecule has 0 spiro atoms. The number of rotatable bonds is 6. The summed E-state index contributed by atoms with van der Waals surface area (Å²) in [7, 11) is 0. The topological polar surface area (TPSA) is 0 Å². The molecule has 0 amide bonds. The first-order valence-corrected chi connectivity index (χ1v) is 13.1. The summed E-state index contributed by atoms with van der Waals surface area (Å²) in [4.78, 5) is 0. The van der Waals surface area contributed by atoms with E-state index < -0.39 is 5.96 Å². The Morgan fingerprint density at radius 2 is 0.714 bits per heavy atom. The summed E-state index contributed by atoms with van der Waals surface area (Å²) in [5, 5.41) is 2.49. The summed E-state index contributed by atoms with van der Waals surface area (Å²) in [5.41, 5.74) is 2.55. The molecule has 0 bridgehead atoms. The molecule has 0 aliphatic heterocycles. The molecule has 0 saturated heterocycles. The van der Waals surface area contributed by atoms with Crippen LogP contribution in [0.4, 0.5) is 0 Å². The quantitative estimate of drug-likeness (QED) is 0.313. The Kier molecular flexibility index (Phi) is 5.36. The predicted molar refractivity (Wildman–Crippen MR) is 125 cm³/mol. The van der Waals surface area contributed by atoms with Crippen molar-refractivity contribution in [3.63, 3.8) is 0 Å². The molecule has 0 aliphatic rings. The van der Waals surface area contributed by atoms with Gasteiger partial charge in [0, 0.05) is 0 Å². The third-order valence-electron chi connectivity index (χ3n) is 5.41. The molecule has 0 nitrogen and oxygen atoms in total. The SMILES string of the molecule is ClP(Cc1ccccc1)(Cc1ccccc1)(c1ccccc1)c1ccccc1. The molecule has 4 rings (SSSR count). The maximum atomic E-state index is 8.05. The molecular weight excluding hydrogens is 379 g/mol. The molecular formula is C26H24ClP. The molecule has 0 N–H and O–H groups in total. The summed E-state index contributed by atoms with van der Waals surface area (Å²) in [6, 6.07) is 42.7. The van der Waals surface area contributed by atoms with Gasteiger partial charge in [0.05, 0.1) is 0 Å². The van der Waals surface area contributed by atoms with Gasteiger partial charge in [0.1, 0.15) is 0 Å². The molecule has 0 atom stereocenters. The van der Waals surface area contributed by atoms with E-state index in [0.717, 1.165) is 12.3 Å². The van der Waals surface area contributed by atoms with E-state index in [0.29, 0.717) is 0 Å². The van der Waals surface area contributed by atoms with Gasteiger partial charge in [0.25, 0.3) is 0 Å². The van der Waals surface area contributed by atoms with Gasteiger partial charge in [-0.25, -0.2) is 0 Å². The molecule has 0 heterocycles. The molecule has 0 fully saturated rings. The van der Waals surface area contributed by atoms with E-state index in [2.05, 4.69) is 121 Å². The molecule has 2 heteroatoms. The Hall–Kier alpha value is -2.40. The van der Waals surface area contributed by atoms with Crippen LogP contribution in [0.2, 0.25) is 0 Å². The minimum absolute atomic E-state index is 0.830. The fourth-order valence-electron chi connectivity index (χ4n) is 4.04. The summed E-state index contributed by atoms with van der Waals surface area (Å²) < 4.78 is 0. The van der Waals surface area contributed by atoms with Crippen LogP contribution in [0.15, 0.2) is 121 Å². The second-order valence-corrected chi connectivity index (χ2v) is 14.2. The first kappa shape index (κ1) is 18.9. The predicted octanol–water partition coefficient (Wildman–Crippen LogP) is 6.74. The van der Waals surface area contributed by atoms with Gasteiger partial charge in [-0.1, -0.05) is 0 Å². The Labute approximate surface area is 172 Å². The fourth-order valence-corrected chi connectivity index (χ4v) is 10.3. The van der Waals surface area contributed by atoms with Crippen molar-refractivity contribution in [1.29, 1.82) is 0 Å². The second-order valence-electron chi connectivity index (χ2n) is 7.33. The first-order valence-electron chi connectivity index (χ1n) is 9.60. The van der Waals surface area contributed by atoms with Crippen molar-refractivity contribution in [3.05, 3.63) is 132 Å². The van der Waals surface area contributed by atoms with Gasteiger partial charge < -0.3 is 0 Å². The summed E-state index contributed by atoms with van der Waals surface area (Å²) in [5.74, 6) is -3.07. The van der Waals surface area contributed by atoms with E-state index in [4.69, 9.17) is 11.2 Å². The molecule has 0 saturated carbocycles. The first-order chi connectivity index (χ1) is 13.7. The fraction of sp³-hybridized carbons (Fsp3) is 0.0769. The van der Waals surface area contributed by atoms with Crippen molar-refractivity contribution >= 4 is 27.8 Å². The van der Waals surface area contributed by atoms with E-state index in [1.807, 2.05) is 0 Å². The van der Waals surface area contributed by atoms with E-state index >= 15 is 0 Å². The van der Waals surface area contributed by atoms with Crippen molar-refractivity contribution in [3.8, 4) is 0 Å². The van der Waals surface area contributed by atoms with Crippen LogP contribution in [0.3, 0.4) is 0 Å². The molecule has 0 aromatic heterocycles. The average Bonchev–Trinajstić information content (AvgIpc) is 2.76. The number of hydrogen-bond donors (Lipinski definition) is 0. The Balaban J connectivity index is 1.99. The van der Waals surface area contributed by atoms with Crippen molar-refractivity contribution in [2.24, 2.45) is 0 Å². The van der Waals surface area contributed by atoms with Crippen LogP contribution >= 0.6 is 17.2 Å². The van der Waals surface area contributed by atoms with Crippen LogP contribution in [0.25, 0.3) is 0 Å². The molecule has 4 aromatic rings.